The van der Waals surface area contributed by atoms with Gasteiger partial charge in [-0.3, -0.25) is 9.59 Å². The number of hydrogen-bond donors (Lipinski definition) is 0. The van der Waals surface area contributed by atoms with Crippen molar-refractivity contribution in [3.05, 3.63) is 95.4 Å². The molecular formula is C29H36N2O4. The minimum Gasteiger partial charge on any atom is -0.467 e. The first-order chi connectivity index (χ1) is 17.1. The molecule has 6 nitrogen and oxygen atoms in total. The fourth-order valence-electron chi connectivity index (χ4n) is 3.92. The fourth-order valence-corrected chi connectivity index (χ4v) is 3.92. The molecule has 2 aromatic carbocycles. The highest BCUT2D eigenvalue weighted by atomic mass is 16.5. The van der Waals surface area contributed by atoms with Gasteiger partial charge in [-0.2, -0.15) is 0 Å². The van der Waals surface area contributed by atoms with Gasteiger partial charge in [0.15, 0.2) is 0 Å². The van der Waals surface area contributed by atoms with Crippen molar-refractivity contribution in [1.82, 2.24) is 9.80 Å². The normalized spacial score (nSPS) is 10.8. The van der Waals surface area contributed by atoms with Gasteiger partial charge in [0.05, 0.1) is 19.4 Å². The van der Waals surface area contributed by atoms with Crippen molar-refractivity contribution < 1.29 is 18.7 Å². The second kappa shape index (κ2) is 14.1. The number of furan rings is 1. The Morgan fingerprint density at radius 3 is 2.29 bits per heavy atom. The van der Waals surface area contributed by atoms with E-state index in [4.69, 9.17) is 9.15 Å². The number of hydrogen-bond acceptors (Lipinski definition) is 4. The van der Waals surface area contributed by atoms with Crippen LogP contribution in [0.3, 0.4) is 0 Å². The quantitative estimate of drug-likeness (QED) is 0.295. The average Bonchev–Trinajstić information content (AvgIpc) is 3.40. The second-order valence-electron chi connectivity index (χ2n) is 8.69. The Morgan fingerprint density at radius 2 is 1.63 bits per heavy atom. The summed E-state index contributed by atoms with van der Waals surface area (Å²) in [4.78, 5) is 30.1. The number of benzene rings is 2. The summed E-state index contributed by atoms with van der Waals surface area (Å²) in [6.45, 7) is 3.60. The highest BCUT2D eigenvalue weighted by Gasteiger charge is 2.23. The van der Waals surface area contributed by atoms with Gasteiger partial charge in [0.2, 0.25) is 5.91 Å². The number of ether oxygens (including phenoxy) is 1. The van der Waals surface area contributed by atoms with Crippen LogP contribution >= 0.6 is 0 Å². The Kier molecular flexibility index (Phi) is 10.6. The molecule has 0 aliphatic heterocycles. The molecule has 3 aromatic rings. The lowest BCUT2D eigenvalue weighted by Gasteiger charge is -2.27. The molecule has 0 fully saturated rings. The number of rotatable bonds is 14. The first kappa shape index (κ1) is 26.2. The molecule has 0 N–H and O–H groups in total. The van der Waals surface area contributed by atoms with Gasteiger partial charge in [0.25, 0.3) is 5.91 Å². The van der Waals surface area contributed by atoms with Crippen molar-refractivity contribution in [2.24, 2.45) is 0 Å². The van der Waals surface area contributed by atoms with Crippen LogP contribution in [0.25, 0.3) is 0 Å². The van der Waals surface area contributed by atoms with E-state index in [1.807, 2.05) is 60.7 Å². The van der Waals surface area contributed by atoms with Crippen LogP contribution in [0.2, 0.25) is 0 Å². The zero-order valence-corrected chi connectivity index (χ0v) is 20.8. The third-order valence-electron chi connectivity index (χ3n) is 5.94. The van der Waals surface area contributed by atoms with Crippen LogP contribution in [0.5, 0.6) is 0 Å². The van der Waals surface area contributed by atoms with Crippen molar-refractivity contribution in [2.75, 3.05) is 26.8 Å². The smallest absolute Gasteiger partial charge is 0.254 e. The molecular weight excluding hydrogens is 440 g/mol. The van der Waals surface area contributed by atoms with Crippen LogP contribution in [0.4, 0.5) is 0 Å². The molecule has 0 atom stereocenters. The Balaban J connectivity index is 1.72. The predicted molar refractivity (Wildman–Crippen MR) is 137 cm³/mol. The predicted octanol–water partition coefficient (Wildman–Crippen LogP) is 5.33. The summed E-state index contributed by atoms with van der Waals surface area (Å²) >= 11 is 0. The van der Waals surface area contributed by atoms with Gasteiger partial charge in [-0.05, 0) is 48.2 Å². The first-order valence-electron chi connectivity index (χ1n) is 12.3. The molecule has 0 aliphatic carbocycles. The maximum atomic E-state index is 13.4. The van der Waals surface area contributed by atoms with Crippen LogP contribution in [0, 0.1) is 0 Å². The largest absolute Gasteiger partial charge is 0.467 e. The van der Waals surface area contributed by atoms with E-state index in [9.17, 15) is 9.59 Å². The molecule has 3 rings (SSSR count). The van der Waals surface area contributed by atoms with Crippen molar-refractivity contribution in [2.45, 2.75) is 45.7 Å². The first-order valence-corrected chi connectivity index (χ1v) is 12.3. The molecule has 0 bridgehead atoms. The summed E-state index contributed by atoms with van der Waals surface area (Å²) in [5.74, 6) is 0.377. The van der Waals surface area contributed by atoms with Crippen molar-refractivity contribution in [3.63, 3.8) is 0 Å². The zero-order valence-electron chi connectivity index (χ0n) is 20.8. The summed E-state index contributed by atoms with van der Waals surface area (Å²) < 4.78 is 10.7. The van der Waals surface area contributed by atoms with Crippen molar-refractivity contribution >= 4 is 11.8 Å². The van der Waals surface area contributed by atoms with Gasteiger partial charge in [-0.25, -0.2) is 0 Å². The Hall–Kier alpha value is -3.38. The zero-order chi connectivity index (χ0) is 24.9. The minimum absolute atomic E-state index is 0.0337. The van der Waals surface area contributed by atoms with Crippen LogP contribution < -0.4 is 0 Å². The Morgan fingerprint density at radius 1 is 0.857 bits per heavy atom. The van der Waals surface area contributed by atoms with Crippen molar-refractivity contribution in [1.29, 1.82) is 0 Å². The lowest BCUT2D eigenvalue weighted by atomic mass is 10.0. The van der Waals surface area contributed by atoms with Gasteiger partial charge in [-0.15, -0.1) is 0 Å². The molecule has 0 radical (unpaired) electrons. The molecule has 1 aromatic heterocycles. The Labute approximate surface area is 208 Å². The lowest BCUT2D eigenvalue weighted by Crippen LogP contribution is -2.43. The van der Waals surface area contributed by atoms with E-state index in [-0.39, 0.29) is 18.4 Å². The number of methoxy groups -OCH3 is 1. The number of aryl methyl sites for hydroxylation is 1. The molecule has 35 heavy (non-hydrogen) atoms. The van der Waals surface area contributed by atoms with E-state index in [2.05, 4.69) is 6.92 Å². The second-order valence-corrected chi connectivity index (χ2v) is 8.69. The number of carbonyl (C=O) groups excluding carboxylic acids is 2. The van der Waals surface area contributed by atoms with Gasteiger partial charge >= 0.3 is 0 Å². The monoisotopic (exact) mass is 476 g/mol. The SMILES string of the molecule is CCCCCc1ccc(C(=O)N(CCOC)CC(=O)N(Cc2ccccc2)Cc2ccco2)cc1. The highest BCUT2D eigenvalue weighted by molar-refractivity contribution is 5.96. The van der Waals surface area contributed by atoms with Crippen molar-refractivity contribution in [3.8, 4) is 0 Å². The van der Waals surface area contributed by atoms with E-state index in [0.29, 0.717) is 37.6 Å². The molecule has 6 heteroatoms. The molecule has 0 saturated heterocycles. The third-order valence-corrected chi connectivity index (χ3v) is 5.94. The molecule has 0 spiro atoms. The number of carbonyl (C=O) groups is 2. The summed E-state index contributed by atoms with van der Waals surface area (Å²) in [5.41, 5.74) is 2.82. The summed E-state index contributed by atoms with van der Waals surface area (Å²) in [7, 11) is 1.59. The van der Waals surface area contributed by atoms with Gasteiger partial charge in [0.1, 0.15) is 12.3 Å². The standard InChI is InChI=1S/C29H36N2O4/c1-3-4-6-10-24-14-16-26(17-15-24)29(33)30(18-20-34-2)23-28(32)31(22-27-13-9-19-35-27)21-25-11-7-5-8-12-25/h5,7-9,11-17,19H,3-4,6,10,18,20-23H2,1-2H3. The molecule has 2 amide bonds. The Bertz CT molecular complexity index is 1020. The topological polar surface area (TPSA) is 63.0 Å². The molecule has 0 aliphatic rings. The molecule has 0 unspecified atom stereocenters. The van der Waals surface area contributed by atoms with Crippen LogP contribution in [-0.4, -0.2) is 48.4 Å². The van der Waals surface area contributed by atoms with Crippen LogP contribution in [0.15, 0.2) is 77.4 Å². The van der Waals surface area contributed by atoms with E-state index in [1.54, 1.807) is 29.2 Å². The number of nitrogens with zero attached hydrogens (tertiary/aromatic N) is 2. The molecule has 1 heterocycles. The summed E-state index contributed by atoms with van der Waals surface area (Å²) in [6.07, 6.45) is 6.13. The molecule has 0 saturated carbocycles. The highest BCUT2D eigenvalue weighted by Crippen LogP contribution is 2.14. The van der Waals surface area contributed by atoms with Crippen LogP contribution in [-0.2, 0) is 29.0 Å². The fraction of sp³-hybridized carbons (Fsp3) is 0.379. The van der Waals surface area contributed by atoms with E-state index in [1.165, 1.54) is 18.4 Å². The summed E-state index contributed by atoms with van der Waals surface area (Å²) in [6, 6.07) is 21.2. The van der Waals surface area contributed by atoms with Crippen LogP contribution in [0.1, 0.15) is 53.4 Å². The van der Waals surface area contributed by atoms with E-state index >= 15 is 0 Å². The van der Waals surface area contributed by atoms with E-state index < -0.39 is 0 Å². The maximum Gasteiger partial charge on any atom is 0.254 e. The minimum atomic E-state index is -0.173. The molecule has 186 valence electrons. The average molecular weight is 477 g/mol. The third kappa shape index (κ3) is 8.41. The van der Waals surface area contributed by atoms with Gasteiger partial charge in [0, 0.05) is 25.8 Å². The maximum absolute atomic E-state index is 13.4. The van der Waals surface area contributed by atoms with E-state index in [0.717, 1.165) is 18.4 Å². The number of amides is 2. The summed E-state index contributed by atoms with van der Waals surface area (Å²) in [5, 5.41) is 0. The number of unbranched alkanes of at least 4 members (excludes halogenated alkanes) is 2. The van der Waals surface area contributed by atoms with Gasteiger partial charge in [-0.1, -0.05) is 62.2 Å². The lowest BCUT2D eigenvalue weighted by molar-refractivity contribution is -0.133. The van der Waals surface area contributed by atoms with Gasteiger partial charge < -0.3 is 19.0 Å².